The second-order valence-corrected chi connectivity index (χ2v) is 7.44. The summed E-state index contributed by atoms with van der Waals surface area (Å²) in [6.07, 6.45) is 2.09. The minimum Gasteiger partial charge on any atom is -0.497 e. The van der Waals surface area contributed by atoms with E-state index in [9.17, 15) is 4.79 Å². The van der Waals surface area contributed by atoms with E-state index in [1.165, 1.54) is 5.56 Å². The molecule has 26 heavy (non-hydrogen) atoms. The minimum atomic E-state index is -0.331. The first-order valence-electron chi connectivity index (χ1n) is 9.14. The van der Waals surface area contributed by atoms with Crippen molar-refractivity contribution in [2.24, 2.45) is 0 Å². The Morgan fingerprint density at radius 2 is 1.88 bits per heavy atom. The van der Waals surface area contributed by atoms with Crippen LogP contribution in [-0.2, 0) is 17.6 Å². The molecule has 4 heteroatoms. The van der Waals surface area contributed by atoms with Gasteiger partial charge in [-0.2, -0.15) is 0 Å². The Hall–Kier alpha value is -2.49. The van der Waals surface area contributed by atoms with Crippen molar-refractivity contribution in [3.05, 3.63) is 59.2 Å². The van der Waals surface area contributed by atoms with Crippen molar-refractivity contribution in [1.29, 1.82) is 0 Å². The van der Waals surface area contributed by atoms with Crippen molar-refractivity contribution in [1.82, 2.24) is 5.32 Å². The van der Waals surface area contributed by atoms with Gasteiger partial charge in [-0.05, 0) is 49.6 Å². The topological polar surface area (TPSA) is 47.6 Å². The summed E-state index contributed by atoms with van der Waals surface area (Å²) in [6.45, 7) is 6.21. The Bertz CT molecular complexity index is 780. The third kappa shape index (κ3) is 4.18. The molecule has 1 amide bonds. The molecule has 4 nitrogen and oxygen atoms in total. The molecule has 3 rings (SSSR count). The first-order valence-corrected chi connectivity index (χ1v) is 9.14. The predicted molar refractivity (Wildman–Crippen MR) is 103 cm³/mol. The highest BCUT2D eigenvalue weighted by molar-refractivity contribution is 5.79. The highest BCUT2D eigenvalue weighted by atomic mass is 16.5. The van der Waals surface area contributed by atoms with Crippen molar-refractivity contribution >= 4 is 5.91 Å². The quantitative estimate of drug-likeness (QED) is 0.875. The SMILES string of the molecule is CCc1ccc(CC(=O)N[C@@H]2CC(C)(C)Oc3ccc(OC)cc32)cc1. The van der Waals surface area contributed by atoms with E-state index >= 15 is 0 Å². The van der Waals surface area contributed by atoms with Crippen LogP contribution in [0.2, 0.25) is 0 Å². The Morgan fingerprint density at radius 1 is 1.19 bits per heavy atom. The minimum absolute atomic E-state index is 0.0192. The standard InChI is InChI=1S/C22H27NO3/c1-5-15-6-8-16(9-7-15)12-21(24)23-19-14-22(2,3)26-20-11-10-17(25-4)13-18(19)20/h6-11,13,19H,5,12,14H2,1-4H3,(H,23,24)/t19-/m1/s1. The lowest BCUT2D eigenvalue weighted by Gasteiger charge is -2.38. The van der Waals surface area contributed by atoms with Crippen LogP contribution in [0.1, 0.15) is 49.9 Å². The molecule has 2 aromatic rings. The van der Waals surface area contributed by atoms with E-state index in [1.54, 1.807) is 7.11 Å². The van der Waals surface area contributed by atoms with Crippen molar-refractivity contribution in [2.45, 2.75) is 51.7 Å². The molecule has 1 aliphatic heterocycles. The molecule has 0 radical (unpaired) electrons. The number of fused-ring (bicyclic) bond motifs is 1. The Labute approximate surface area is 155 Å². The zero-order valence-corrected chi connectivity index (χ0v) is 16.0. The number of carbonyl (C=O) groups is 1. The summed E-state index contributed by atoms with van der Waals surface area (Å²) < 4.78 is 11.4. The van der Waals surface area contributed by atoms with Crippen LogP contribution in [0, 0.1) is 0 Å². The number of ether oxygens (including phenoxy) is 2. The van der Waals surface area contributed by atoms with Crippen LogP contribution < -0.4 is 14.8 Å². The number of hydrogen-bond donors (Lipinski definition) is 1. The summed E-state index contributed by atoms with van der Waals surface area (Å²) in [7, 11) is 1.64. The van der Waals surface area contributed by atoms with E-state index in [0.29, 0.717) is 12.8 Å². The molecular formula is C22H27NO3. The van der Waals surface area contributed by atoms with Gasteiger partial charge < -0.3 is 14.8 Å². The molecule has 1 aliphatic rings. The molecule has 1 atom stereocenters. The van der Waals surface area contributed by atoms with Crippen molar-refractivity contribution < 1.29 is 14.3 Å². The van der Waals surface area contributed by atoms with Crippen LogP contribution in [-0.4, -0.2) is 18.6 Å². The number of methoxy groups -OCH3 is 1. The normalized spacial score (nSPS) is 17.8. The number of aryl methyl sites for hydroxylation is 1. The first-order chi connectivity index (χ1) is 12.4. The molecule has 0 bridgehead atoms. The average Bonchev–Trinajstić information content (AvgIpc) is 2.61. The molecule has 0 fully saturated rings. The van der Waals surface area contributed by atoms with E-state index in [0.717, 1.165) is 29.0 Å². The molecular weight excluding hydrogens is 326 g/mol. The Kier molecular flexibility index (Phi) is 5.21. The van der Waals surface area contributed by atoms with Gasteiger partial charge in [0.15, 0.2) is 0 Å². The van der Waals surface area contributed by atoms with Crippen LogP contribution in [0.25, 0.3) is 0 Å². The predicted octanol–water partition coefficient (Wildman–Crippen LogP) is 4.22. The third-order valence-electron chi connectivity index (χ3n) is 4.81. The van der Waals surface area contributed by atoms with Gasteiger partial charge in [-0.25, -0.2) is 0 Å². The fraction of sp³-hybridized carbons (Fsp3) is 0.409. The summed E-state index contributed by atoms with van der Waals surface area (Å²) in [4.78, 5) is 12.6. The summed E-state index contributed by atoms with van der Waals surface area (Å²) in [5.41, 5.74) is 2.94. The monoisotopic (exact) mass is 353 g/mol. The van der Waals surface area contributed by atoms with Crippen LogP contribution >= 0.6 is 0 Å². The molecule has 1 heterocycles. The number of carbonyl (C=O) groups excluding carboxylic acids is 1. The fourth-order valence-corrected chi connectivity index (χ4v) is 3.41. The van der Waals surface area contributed by atoms with Crippen molar-refractivity contribution in [3.63, 3.8) is 0 Å². The molecule has 0 saturated carbocycles. The van der Waals surface area contributed by atoms with E-state index < -0.39 is 0 Å². The lowest BCUT2D eigenvalue weighted by molar-refractivity contribution is -0.121. The highest BCUT2D eigenvalue weighted by Crippen LogP contribution is 2.41. The van der Waals surface area contributed by atoms with Gasteiger partial charge in [-0.1, -0.05) is 31.2 Å². The van der Waals surface area contributed by atoms with E-state index in [1.807, 2.05) is 44.2 Å². The second kappa shape index (κ2) is 7.40. The summed E-state index contributed by atoms with van der Waals surface area (Å²) >= 11 is 0. The van der Waals surface area contributed by atoms with Gasteiger partial charge in [-0.3, -0.25) is 4.79 Å². The molecule has 0 saturated heterocycles. The van der Waals surface area contributed by atoms with Crippen LogP contribution in [0.5, 0.6) is 11.5 Å². The van der Waals surface area contributed by atoms with Gasteiger partial charge in [0.1, 0.15) is 17.1 Å². The molecule has 0 unspecified atom stereocenters. The van der Waals surface area contributed by atoms with Gasteiger partial charge >= 0.3 is 0 Å². The largest absolute Gasteiger partial charge is 0.497 e. The summed E-state index contributed by atoms with van der Waals surface area (Å²) in [5.74, 6) is 1.59. The summed E-state index contributed by atoms with van der Waals surface area (Å²) in [6, 6.07) is 13.9. The smallest absolute Gasteiger partial charge is 0.224 e. The van der Waals surface area contributed by atoms with Gasteiger partial charge in [0, 0.05) is 12.0 Å². The number of benzene rings is 2. The second-order valence-electron chi connectivity index (χ2n) is 7.44. The fourth-order valence-electron chi connectivity index (χ4n) is 3.41. The van der Waals surface area contributed by atoms with E-state index in [4.69, 9.17) is 9.47 Å². The Morgan fingerprint density at radius 3 is 2.54 bits per heavy atom. The van der Waals surface area contributed by atoms with Crippen molar-refractivity contribution in [3.8, 4) is 11.5 Å². The van der Waals surface area contributed by atoms with Gasteiger partial charge in [0.2, 0.25) is 5.91 Å². The average molecular weight is 353 g/mol. The molecule has 0 spiro atoms. The lowest BCUT2D eigenvalue weighted by Crippen LogP contribution is -2.41. The van der Waals surface area contributed by atoms with Crippen LogP contribution in [0.3, 0.4) is 0 Å². The first kappa shape index (κ1) is 18.3. The van der Waals surface area contributed by atoms with Gasteiger partial charge in [-0.15, -0.1) is 0 Å². The van der Waals surface area contributed by atoms with Gasteiger partial charge in [0.25, 0.3) is 0 Å². The third-order valence-corrected chi connectivity index (χ3v) is 4.81. The van der Waals surface area contributed by atoms with E-state index in [-0.39, 0.29) is 17.6 Å². The van der Waals surface area contributed by atoms with E-state index in [2.05, 4.69) is 24.4 Å². The number of hydrogen-bond acceptors (Lipinski definition) is 3. The maximum Gasteiger partial charge on any atom is 0.224 e. The lowest BCUT2D eigenvalue weighted by atomic mass is 9.89. The zero-order valence-electron chi connectivity index (χ0n) is 16.0. The molecule has 1 N–H and O–H groups in total. The number of amides is 1. The zero-order chi connectivity index (χ0) is 18.7. The maximum absolute atomic E-state index is 12.6. The molecule has 0 aromatic heterocycles. The van der Waals surface area contributed by atoms with Crippen LogP contribution in [0.4, 0.5) is 0 Å². The highest BCUT2D eigenvalue weighted by Gasteiger charge is 2.34. The maximum atomic E-state index is 12.6. The number of rotatable bonds is 5. The van der Waals surface area contributed by atoms with Crippen LogP contribution in [0.15, 0.2) is 42.5 Å². The van der Waals surface area contributed by atoms with Crippen molar-refractivity contribution in [2.75, 3.05) is 7.11 Å². The van der Waals surface area contributed by atoms with Gasteiger partial charge in [0.05, 0.1) is 19.6 Å². The molecule has 138 valence electrons. The number of nitrogens with one attached hydrogen (secondary N) is 1. The molecule has 0 aliphatic carbocycles. The Balaban J connectivity index is 1.76. The molecule has 2 aromatic carbocycles. The summed E-state index contributed by atoms with van der Waals surface area (Å²) in [5, 5.41) is 3.18.